The molecule has 0 amide bonds. The Balaban J connectivity index is 1.90. The van der Waals surface area contributed by atoms with Crippen molar-refractivity contribution < 1.29 is 27.5 Å². The SMILES string of the molecule is Cc1ccc(C)n1-c1c(F)c(F)c(C2=Nc3cccc(C(=O)O)c3C2)c(F)c1F. The zero-order valence-corrected chi connectivity index (χ0v) is 15.4. The highest BCUT2D eigenvalue weighted by Crippen LogP contribution is 2.36. The van der Waals surface area contributed by atoms with E-state index < -0.39 is 40.5 Å². The highest BCUT2D eigenvalue weighted by Gasteiger charge is 2.32. The van der Waals surface area contributed by atoms with Gasteiger partial charge >= 0.3 is 5.97 Å². The van der Waals surface area contributed by atoms with Crippen LogP contribution in [-0.2, 0) is 6.42 Å². The zero-order valence-electron chi connectivity index (χ0n) is 15.4. The van der Waals surface area contributed by atoms with Crippen molar-refractivity contribution in [2.75, 3.05) is 0 Å². The number of carbonyl (C=O) groups is 1. The molecule has 0 saturated heterocycles. The van der Waals surface area contributed by atoms with Crippen molar-refractivity contribution >= 4 is 17.4 Å². The summed E-state index contributed by atoms with van der Waals surface area (Å²) >= 11 is 0. The molecule has 0 saturated carbocycles. The Morgan fingerprint density at radius 1 is 0.966 bits per heavy atom. The van der Waals surface area contributed by atoms with Gasteiger partial charge < -0.3 is 9.67 Å². The number of benzene rings is 2. The molecule has 2 aromatic carbocycles. The van der Waals surface area contributed by atoms with Crippen LogP contribution in [0.5, 0.6) is 0 Å². The van der Waals surface area contributed by atoms with Gasteiger partial charge in [-0.15, -0.1) is 0 Å². The monoisotopic (exact) mass is 402 g/mol. The molecule has 3 aromatic rings. The summed E-state index contributed by atoms with van der Waals surface area (Å²) in [7, 11) is 0. The van der Waals surface area contributed by atoms with Crippen LogP contribution >= 0.6 is 0 Å². The van der Waals surface area contributed by atoms with Crippen molar-refractivity contribution in [2.24, 2.45) is 4.99 Å². The summed E-state index contributed by atoms with van der Waals surface area (Å²) in [6.45, 7) is 3.11. The first kappa shape index (κ1) is 18.9. The summed E-state index contributed by atoms with van der Waals surface area (Å²) in [5, 5.41) is 9.28. The van der Waals surface area contributed by atoms with Crippen LogP contribution in [0.2, 0.25) is 0 Å². The first-order valence-electron chi connectivity index (χ1n) is 8.66. The molecule has 0 fully saturated rings. The van der Waals surface area contributed by atoms with Gasteiger partial charge in [-0.3, -0.25) is 4.99 Å². The van der Waals surface area contributed by atoms with Crippen molar-refractivity contribution in [3.8, 4) is 5.69 Å². The standard InChI is InChI=1S/C21H14F4N2O2/c1-9-6-7-10(2)27(9)20-18(24)16(22)15(17(23)19(20)25)14-8-12-11(21(28)29)4-3-5-13(12)26-14/h3-7H,8H2,1-2H3,(H,28,29). The molecule has 1 aromatic heterocycles. The Labute approximate surface area is 162 Å². The minimum Gasteiger partial charge on any atom is -0.478 e. The number of carboxylic acids is 1. The zero-order chi connectivity index (χ0) is 21.0. The maximum absolute atomic E-state index is 14.9. The highest BCUT2D eigenvalue weighted by atomic mass is 19.2. The minimum atomic E-state index is -1.57. The molecule has 4 nitrogen and oxygen atoms in total. The second-order valence-corrected chi connectivity index (χ2v) is 6.77. The summed E-state index contributed by atoms with van der Waals surface area (Å²) in [6, 6.07) is 7.38. The third-order valence-electron chi connectivity index (χ3n) is 5.00. The van der Waals surface area contributed by atoms with Gasteiger partial charge in [-0.25, -0.2) is 22.4 Å². The molecule has 0 spiro atoms. The molecule has 0 radical (unpaired) electrons. The lowest BCUT2D eigenvalue weighted by atomic mass is 9.98. The van der Waals surface area contributed by atoms with Gasteiger partial charge in [0.1, 0.15) is 5.69 Å². The van der Waals surface area contributed by atoms with E-state index in [9.17, 15) is 27.5 Å². The summed E-state index contributed by atoms with van der Waals surface area (Å²) in [6.07, 6.45) is -0.258. The highest BCUT2D eigenvalue weighted by molar-refractivity contribution is 6.09. The number of aromatic nitrogens is 1. The van der Waals surface area contributed by atoms with E-state index in [1.807, 2.05) is 0 Å². The maximum atomic E-state index is 14.9. The first-order valence-corrected chi connectivity index (χ1v) is 8.66. The molecule has 0 aliphatic carbocycles. The number of carboxylic acid groups (broad SMARTS) is 1. The fourth-order valence-electron chi connectivity index (χ4n) is 3.65. The van der Waals surface area contributed by atoms with E-state index in [0.29, 0.717) is 11.4 Å². The van der Waals surface area contributed by atoms with Crippen molar-refractivity contribution in [3.05, 3.63) is 81.7 Å². The Bertz CT molecular complexity index is 1180. The molecular formula is C21H14F4N2O2. The Morgan fingerprint density at radius 3 is 2.10 bits per heavy atom. The molecule has 2 heterocycles. The largest absolute Gasteiger partial charge is 0.478 e. The van der Waals surface area contributed by atoms with Crippen molar-refractivity contribution in [1.29, 1.82) is 0 Å². The fraction of sp³-hybridized carbons (Fsp3) is 0.143. The Hall–Kier alpha value is -3.42. The lowest BCUT2D eigenvalue weighted by Crippen LogP contribution is -2.16. The van der Waals surface area contributed by atoms with E-state index in [1.54, 1.807) is 26.0 Å². The van der Waals surface area contributed by atoms with E-state index in [1.165, 1.54) is 18.2 Å². The number of aromatic carboxylic acids is 1. The molecule has 0 atom stereocenters. The maximum Gasteiger partial charge on any atom is 0.336 e. The van der Waals surface area contributed by atoms with Gasteiger partial charge in [0, 0.05) is 17.8 Å². The third kappa shape index (κ3) is 2.74. The minimum absolute atomic E-state index is 0.0850. The van der Waals surface area contributed by atoms with Crippen LogP contribution in [0, 0.1) is 37.1 Å². The molecule has 1 aliphatic heterocycles. The first-order chi connectivity index (χ1) is 13.7. The average Bonchev–Trinajstić information content (AvgIpc) is 3.24. The van der Waals surface area contributed by atoms with Crippen molar-refractivity contribution in [3.63, 3.8) is 0 Å². The lowest BCUT2D eigenvalue weighted by molar-refractivity contribution is 0.0696. The van der Waals surface area contributed by atoms with Crippen molar-refractivity contribution in [1.82, 2.24) is 4.57 Å². The summed E-state index contributed by atoms with van der Waals surface area (Å²) in [5.74, 6) is -7.47. The summed E-state index contributed by atoms with van der Waals surface area (Å²) in [4.78, 5) is 15.4. The lowest BCUT2D eigenvalue weighted by Gasteiger charge is -2.15. The number of hydrogen-bond acceptors (Lipinski definition) is 2. The van der Waals surface area contributed by atoms with Crippen LogP contribution in [0.1, 0.15) is 32.9 Å². The van der Waals surface area contributed by atoms with Crippen LogP contribution in [0.25, 0.3) is 5.69 Å². The van der Waals surface area contributed by atoms with E-state index in [-0.39, 0.29) is 28.9 Å². The van der Waals surface area contributed by atoms with Gasteiger partial charge in [0.05, 0.1) is 22.5 Å². The van der Waals surface area contributed by atoms with E-state index in [4.69, 9.17) is 0 Å². The van der Waals surface area contributed by atoms with Gasteiger partial charge in [0.2, 0.25) is 0 Å². The average molecular weight is 402 g/mol. The molecule has 1 aliphatic rings. The predicted octanol–water partition coefficient (Wildman–Crippen LogP) is 5.03. The van der Waals surface area contributed by atoms with Gasteiger partial charge in [-0.2, -0.15) is 0 Å². The smallest absolute Gasteiger partial charge is 0.336 e. The van der Waals surface area contributed by atoms with Crippen LogP contribution < -0.4 is 0 Å². The molecule has 8 heteroatoms. The molecule has 148 valence electrons. The molecular weight excluding hydrogens is 388 g/mol. The molecule has 0 bridgehead atoms. The number of hydrogen-bond donors (Lipinski definition) is 1. The van der Waals surface area contributed by atoms with E-state index in [0.717, 1.165) is 4.57 Å². The van der Waals surface area contributed by atoms with Crippen LogP contribution in [0.15, 0.2) is 35.3 Å². The predicted molar refractivity (Wildman–Crippen MR) is 98.4 cm³/mol. The number of halogens is 4. The normalized spacial score (nSPS) is 12.8. The number of nitrogens with zero attached hydrogens (tertiary/aromatic N) is 2. The van der Waals surface area contributed by atoms with Gasteiger partial charge in [-0.1, -0.05) is 6.07 Å². The third-order valence-corrected chi connectivity index (χ3v) is 5.00. The van der Waals surface area contributed by atoms with E-state index in [2.05, 4.69) is 4.99 Å². The Morgan fingerprint density at radius 2 is 1.55 bits per heavy atom. The molecule has 29 heavy (non-hydrogen) atoms. The van der Waals surface area contributed by atoms with Crippen LogP contribution in [0.4, 0.5) is 23.2 Å². The fourth-order valence-corrected chi connectivity index (χ4v) is 3.65. The van der Waals surface area contributed by atoms with Crippen LogP contribution in [-0.4, -0.2) is 21.4 Å². The topological polar surface area (TPSA) is 54.6 Å². The molecule has 1 N–H and O–H groups in total. The number of rotatable bonds is 3. The number of fused-ring (bicyclic) bond motifs is 1. The second kappa shape index (κ2) is 6.58. The van der Waals surface area contributed by atoms with Gasteiger partial charge in [-0.05, 0) is 43.7 Å². The number of aliphatic imine (C=N–C) groups is 1. The second-order valence-electron chi connectivity index (χ2n) is 6.77. The van der Waals surface area contributed by atoms with Gasteiger partial charge in [0.25, 0.3) is 0 Å². The van der Waals surface area contributed by atoms with Crippen LogP contribution in [0.3, 0.4) is 0 Å². The Kier molecular flexibility index (Phi) is 4.29. The van der Waals surface area contributed by atoms with E-state index >= 15 is 0 Å². The summed E-state index contributed by atoms with van der Waals surface area (Å²) in [5.41, 5.74) is -0.888. The quantitative estimate of drug-likeness (QED) is 0.494. The molecule has 4 rings (SSSR count). The molecule has 0 unspecified atom stereocenters. The number of aryl methyl sites for hydroxylation is 2. The van der Waals surface area contributed by atoms with Gasteiger partial charge in [0.15, 0.2) is 23.3 Å². The van der Waals surface area contributed by atoms with Crippen molar-refractivity contribution in [2.45, 2.75) is 20.3 Å². The summed E-state index contributed by atoms with van der Waals surface area (Å²) < 4.78 is 60.6.